The highest BCUT2D eigenvalue weighted by molar-refractivity contribution is 7.89. The Kier molecular flexibility index (Phi) is 6.14. The molecule has 0 saturated heterocycles. The molecule has 0 fully saturated rings. The Morgan fingerprint density at radius 3 is 2.80 bits per heavy atom. The number of aromatic nitrogens is 1. The summed E-state index contributed by atoms with van der Waals surface area (Å²) in [5, 5.41) is 3.42. The molecule has 2 aromatic heterocycles. The van der Waals surface area contributed by atoms with Crippen molar-refractivity contribution in [2.24, 2.45) is 0 Å². The molecule has 0 unspecified atom stereocenters. The number of benzene rings is 1. The number of fused-ring (bicyclic) bond motifs is 2. The Bertz CT molecular complexity index is 1200. The molecule has 2 atom stereocenters. The number of thiophene rings is 1. The number of sulfonamides is 1. The Labute approximate surface area is 189 Å². The molecule has 4 rings (SSSR count). The van der Waals surface area contributed by atoms with E-state index in [2.05, 4.69) is 15.0 Å². The van der Waals surface area contributed by atoms with Gasteiger partial charge in [0.25, 0.3) is 5.91 Å². The molecule has 0 radical (unpaired) electrons. The van der Waals surface area contributed by atoms with Gasteiger partial charge in [-0.2, -0.15) is 0 Å². The number of halogens is 2. The average molecular weight is 486 g/mol. The lowest BCUT2D eigenvalue weighted by atomic mass is 10.0. The van der Waals surface area contributed by atoms with E-state index in [0.717, 1.165) is 22.2 Å². The van der Waals surface area contributed by atoms with Crippen LogP contribution in [0, 0.1) is 0 Å². The van der Waals surface area contributed by atoms with Crippen molar-refractivity contribution in [3.8, 4) is 0 Å². The number of hydrogen-bond donors (Lipinski definition) is 3. The van der Waals surface area contributed by atoms with Crippen molar-refractivity contribution in [1.29, 1.82) is 0 Å². The van der Waals surface area contributed by atoms with Gasteiger partial charge >= 0.3 is 0 Å². The zero-order valence-electron chi connectivity index (χ0n) is 16.2. The van der Waals surface area contributed by atoms with E-state index in [9.17, 15) is 13.2 Å². The van der Waals surface area contributed by atoms with Gasteiger partial charge < -0.3 is 10.3 Å². The number of nitrogens with one attached hydrogen (secondary N) is 3. The van der Waals surface area contributed by atoms with Crippen LogP contribution < -0.4 is 10.0 Å². The minimum atomic E-state index is -3.46. The number of amides is 1. The van der Waals surface area contributed by atoms with Gasteiger partial charge in [-0.1, -0.05) is 54.4 Å². The van der Waals surface area contributed by atoms with Crippen molar-refractivity contribution in [1.82, 2.24) is 15.0 Å². The third kappa shape index (κ3) is 4.24. The van der Waals surface area contributed by atoms with E-state index in [1.165, 1.54) is 11.3 Å². The first-order valence-electron chi connectivity index (χ1n) is 9.61. The van der Waals surface area contributed by atoms with E-state index in [0.29, 0.717) is 33.5 Å². The van der Waals surface area contributed by atoms with Crippen LogP contribution in [-0.4, -0.2) is 37.6 Å². The van der Waals surface area contributed by atoms with Gasteiger partial charge in [-0.25, -0.2) is 13.1 Å². The lowest BCUT2D eigenvalue weighted by Crippen LogP contribution is -2.41. The Hall–Kier alpha value is -1.58. The fourth-order valence-electron chi connectivity index (χ4n) is 3.88. The maximum absolute atomic E-state index is 12.9. The molecule has 0 bridgehead atoms. The molecule has 1 aromatic carbocycles. The highest BCUT2D eigenvalue weighted by Crippen LogP contribution is 2.39. The topological polar surface area (TPSA) is 91.1 Å². The zero-order valence-corrected chi connectivity index (χ0v) is 19.3. The van der Waals surface area contributed by atoms with Crippen LogP contribution in [-0.2, 0) is 16.4 Å². The SMILES string of the molecule is CCCNS(=O)(=O)C[C@@H]1c2ccccc2C[C@H]1NC(=O)c1cc2sc(Cl)c(Cl)c2[nH]1. The molecule has 0 aliphatic heterocycles. The van der Waals surface area contributed by atoms with Gasteiger partial charge in [-0.05, 0) is 30.0 Å². The number of carbonyl (C=O) groups excluding carboxylic acids is 1. The summed E-state index contributed by atoms with van der Waals surface area (Å²) in [5.41, 5.74) is 3.03. The molecule has 2 heterocycles. The molecule has 10 heteroatoms. The van der Waals surface area contributed by atoms with Crippen molar-refractivity contribution in [2.45, 2.75) is 31.7 Å². The van der Waals surface area contributed by atoms with Gasteiger partial charge in [-0.3, -0.25) is 4.79 Å². The molecule has 1 amide bonds. The summed E-state index contributed by atoms with van der Waals surface area (Å²) in [6.45, 7) is 2.31. The van der Waals surface area contributed by atoms with E-state index in [1.807, 2.05) is 31.2 Å². The summed E-state index contributed by atoms with van der Waals surface area (Å²) >= 11 is 13.5. The van der Waals surface area contributed by atoms with E-state index >= 15 is 0 Å². The van der Waals surface area contributed by atoms with Gasteiger partial charge in [0.1, 0.15) is 10.0 Å². The van der Waals surface area contributed by atoms with Gasteiger partial charge in [-0.15, -0.1) is 11.3 Å². The number of rotatable bonds is 7. The Morgan fingerprint density at radius 2 is 2.07 bits per heavy atom. The second-order valence-corrected chi connectivity index (χ2v) is 11.3. The van der Waals surface area contributed by atoms with Crippen LogP contribution in [0.2, 0.25) is 9.36 Å². The molecular formula is C20H21Cl2N3O3S2. The van der Waals surface area contributed by atoms with Crippen LogP contribution in [0.1, 0.15) is 40.9 Å². The predicted octanol–water partition coefficient (Wildman–Crippen LogP) is 4.30. The van der Waals surface area contributed by atoms with Crippen molar-refractivity contribution in [3.63, 3.8) is 0 Å². The van der Waals surface area contributed by atoms with E-state index in [4.69, 9.17) is 23.2 Å². The molecular weight excluding hydrogens is 465 g/mol. The summed E-state index contributed by atoms with van der Waals surface area (Å²) in [6, 6.07) is 9.13. The van der Waals surface area contributed by atoms with Crippen molar-refractivity contribution < 1.29 is 13.2 Å². The summed E-state index contributed by atoms with van der Waals surface area (Å²) in [5.74, 6) is -0.697. The van der Waals surface area contributed by atoms with E-state index < -0.39 is 10.0 Å². The maximum Gasteiger partial charge on any atom is 0.268 e. The first-order valence-corrected chi connectivity index (χ1v) is 12.8. The summed E-state index contributed by atoms with van der Waals surface area (Å²) in [7, 11) is -3.46. The van der Waals surface area contributed by atoms with Crippen LogP contribution in [0.25, 0.3) is 10.2 Å². The summed E-state index contributed by atoms with van der Waals surface area (Å²) in [6.07, 6.45) is 1.30. The van der Waals surface area contributed by atoms with Gasteiger partial charge in [0.15, 0.2) is 0 Å². The predicted molar refractivity (Wildman–Crippen MR) is 122 cm³/mol. The second-order valence-electron chi connectivity index (χ2n) is 7.38. The molecule has 6 nitrogen and oxygen atoms in total. The number of H-pyrrole nitrogens is 1. The largest absolute Gasteiger partial charge is 0.349 e. The van der Waals surface area contributed by atoms with Crippen molar-refractivity contribution in [3.05, 3.63) is 56.5 Å². The quantitative estimate of drug-likeness (QED) is 0.465. The molecule has 30 heavy (non-hydrogen) atoms. The number of hydrogen-bond acceptors (Lipinski definition) is 4. The molecule has 1 aliphatic rings. The van der Waals surface area contributed by atoms with Crippen molar-refractivity contribution >= 4 is 60.7 Å². The second kappa shape index (κ2) is 8.51. The average Bonchev–Trinajstić information content (AvgIpc) is 3.34. The minimum Gasteiger partial charge on any atom is -0.349 e. The van der Waals surface area contributed by atoms with Crippen LogP contribution in [0.4, 0.5) is 0 Å². The normalized spacial score (nSPS) is 18.6. The third-order valence-electron chi connectivity index (χ3n) is 5.29. The van der Waals surface area contributed by atoms with Crippen LogP contribution >= 0.6 is 34.5 Å². The van der Waals surface area contributed by atoms with Gasteiger partial charge in [0, 0.05) is 18.5 Å². The van der Waals surface area contributed by atoms with Crippen LogP contribution in [0.15, 0.2) is 30.3 Å². The molecule has 1 aliphatic carbocycles. The maximum atomic E-state index is 12.9. The number of aromatic amines is 1. The van der Waals surface area contributed by atoms with Crippen molar-refractivity contribution in [2.75, 3.05) is 12.3 Å². The third-order valence-corrected chi connectivity index (χ3v) is 8.66. The first kappa shape index (κ1) is 21.6. The molecule has 3 aromatic rings. The monoisotopic (exact) mass is 485 g/mol. The summed E-state index contributed by atoms with van der Waals surface area (Å²) in [4.78, 5) is 15.9. The molecule has 160 valence electrons. The first-order chi connectivity index (χ1) is 14.3. The highest BCUT2D eigenvalue weighted by Gasteiger charge is 2.36. The van der Waals surface area contributed by atoms with Crippen LogP contribution in [0.3, 0.4) is 0 Å². The number of carbonyl (C=O) groups is 1. The molecule has 0 saturated carbocycles. The fourth-order valence-corrected chi connectivity index (χ4v) is 6.87. The fraction of sp³-hybridized carbons (Fsp3) is 0.350. The molecule has 0 spiro atoms. The zero-order chi connectivity index (χ0) is 21.5. The van der Waals surface area contributed by atoms with Crippen LogP contribution in [0.5, 0.6) is 0 Å². The standard InChI is InChI=1S/C20H21Cl2N3O3S2/c1-2-7-23-30(27,28)10-13-12-6-4-3-5-11(12)8-14(13)25-20(26)15-9-16-18(24-15)17(21)19(22)29-16/h3-6,9,13-14,23-24H,2,7-8,10H2,1H3,(H,25,26)/t13-,14-/m1/s1. The lowest BCUT2D eigenvalue weighted by molar-refractivity contribution is 0.0930. The van der Waals surface area contributed by atoms with E-state index in [-0.39, 0.29) is 23.6 Å². The lowest BCUT2D eigenvalue weighted by Gasteiger charge is -2.22. The Balaban J connectivity index is 1.57. The van der Waals surface area contributed by atoms with E-state index in [1.54, 1.807) is 6.07 Å². The summed E-state index contributed by atoms with van der Waals surface area (Å²) < 4.78 is 29.0. The Morgan fingerprint density at radius 1 is 1.30 bits per heavy atom. The minimum absolute atomic E-state index is 0.0732. The molecule has 3 N–H and O–H groups in total. The highest BCUT2D eigenvalue weighted by atomic mass is 35.5. The smallest absolute Gasteiger partial charge is 0.268 e. The van der Waals surface area contributed by atoms with Gasteiger partial charge in [0.2, 0.25) is 10.0 Å². The van der Waals surface area contributed by atoms with Gasteiger partial charge in [0.05, 0.1) is 21.0 Å².